The fraction of sp³-hybridized carbons (Fsp3) is 0.579. The van der Waals surface area contributed by atoms with Gasteiger partial charge in [-0.05, 0) is 59.7 Å². The quantitative estimate of drug-likeness (QED) is 0.833. The van der Waals surface area contributed by atoms with Crippen LogP contribution in [0.25, 0.3) is 0 Å². The predicted octanol–water partition coefficient (Wildman–Crippen LogP) is 4.86. The Balaban J connectivity index is 3.40. The standard InChI is InChI=1S/C19H32N2/c1-13-11-17(21-14(2)9-10-20)16(19(6,7)8)12-15(13)18(3,4)5/h9-12,14,21H,20H2,1-8H3/b10-9+. The van der Waals surface area contributed by atoms with Gasteiger partial charge in [-0.15, -0.1) is 0 Å². The molecule has 0 amide bonds. The Morgan fingerprint density at radius 3 is 1.95 bits per heavy atom. The molecular weight excluding hydrogens is 256 g/mol. The van der Waals surface area contributed by atoms with E-state index in [-0.39, 0.29) is 16.9 Å². The Labute approximate surface area is 130 Å². The molecule has 0 aliphatic carbocycles. The molecule has 21 heavy (non-hydrogen) atoms. The minimum Gasteiger partial charge on any atom is -0.405 e. The van der Waals surface area contributed by atoms with Crippen molar-refractivity contribution in [1.29, 1.82) is 0 Å². The van der Waals surface area contributed by atoms with Crippen molar-refractivity contribution in [1.82, 2.24) is 0 Å². The summed E-state index contributed by atoms with van der Waals surface area (Å²) in [6.07, 6.45) is 3.57. The van der Waals surface area contributed by atoms with Crippen LogP contribution in [0, 0.1) is 6.92 Å². The van der Waals surface area contributed by atoms with Crippen LogP contribution >= 0.6 is 0 Å². The smallest absolute Gasteiger partial charge is 0.0432 e. The van der Waals surface area contributed by atoms with Gasteiger partial charge in [0.05, 0.1) is 0 Å². The molecule has 1 aromatic rings. The zero-order valence-corrected chi connectivity index (χ0v) is 15.0. The fourth-order valence-electron chi connectivity index (χ4n) is 2.72. The summed E-state index contributed by atoms with van der Waals surface area (Å²) >= 11 is 0. The van der Waals surface area contributed by atoms with Gasteiger partial charge in [0.25, 0.3) is 0 Å². The Morgan fingerprint density at radius 1 is 1.00 bits per heavy atom. The first-order valence-corrected chi connectivity index (χ1v) is 7.77. The highest BCUT2D eigenvalue weighted by atomic mass is 14.9. The van der Waals surface area contributed by atoms with Crippen LogP contribution in [0.1, 0.15) is 65.2 Å². The third-order valence-corrected chi connectivity index (χ3v) is 3.76. The minimum absolute atomic E-state index is 0.0994. The molecule has 0 aliphatic heterocycles. The number of nitrogens with two attached hydrogens (primary N) is 1. The van der Waals surface area contributed by atoms with E-state index in [0.29, 0.717) is 0 Å². The van der Waals surface area contributed by atoms with E-state index in [9.17, 15) is 0 Å². The number of anilines is 1. The molecule has 2 nitrogen and oxygen atoms in total. The zero-order valence-electron chi connectivity index (χ0n) is 15.0. The molecule has 1 aromatic carbocycles. The molecule has 0 fully saturated rings. The van der Waals surface area contributed by atoms with Crippen LogP contribution in [0.2, 0.25) is 0 Å². The van der Waals surface area contributed by atoms with Crippen molar-refractivity contribution >= 4 is 5.69 Å². The summed E-state index contributed by atoms with van der Waals surface area (Å²) < 4.78 is 0. The first-order valence-electron chi connectivity index (χ1n) is 7.77. The summed E-state index contributed by atoms with van der Waals surface area (Å²) in [5.74, 6) is 0. The first-order chi connectivity index (χ1) is 9.46. The zero-order chi connectivity index (χ0) is 16.4. The van der Waals surface area contributed by atoms with Crippen molar-refractivity contribution in [3.05, 3.63) is 41.1 Å². The van der Waals surface area contributed by atoms with Gasteiger partial charge < -0.3 is 11.1 Å². The summed E-state index contributed by atoms with van der Waals surface area (Å²) in [6.45, 7) is 17.9. The largest absolute Gasteiger partial charge is 0.405 e. The van der Waals surface area contributed by atoms with Crippen LogP contribution in [-0.2, 0) is 10.8 Å². The first kappa shape index (κ1) is 17.6. The van der Waals surface area contributed by atoms with Crippen LogP contribution in [0.5, 0.6) is 0 Å². The van der Waals surface area contributed by atoms with Crippen LogP contribution in [0.3, 0.4) is 0 Å². The fourth-order valence-corrected chi connectivity index (χ4v) is 2.72. The second kappa shape index (κ2) is 6.13. The molecule has 1 rings (SSSR count). The maximum atomic E-state index is 5.50. The summed E-state index contributed by atoms with van der Waals surface area (Å²) in [7, 11) is 0. The van der Waals surface area contributed by atoms with Crippen molar-refractivity contribution in [2.45, 2.75) is 72.3 Å². The van der Waals surface area contributed by atoms with Crippen molar-refractivity contribution < 1.29 is 0 Å². The maximum Gasteiger partial charge on any atom is 0.0432 e. The summed E-state index contributed by atoms with van der Waals surface area (Å²) in [5.41, 5.74) is 11.1. The van der Waals surface area contributed by atoms with Gasteiger partial charge in [-0.1, -0.05) is 47.6 Å². The Morgan fingerprint density at radius 2 is 1.52 bits per heavy atom. The van der Waals surface area contributed by atoms with E-state index in [2.05, 4.69) is 72.8 Å². The maximum absolute atomic E-state index is 5.50. The van der Waals surface area contributed by atoms with Crippen LogP contribution < -0.4 is 11.1 Å². The highest BCUT2D eigenvalue weighted by Crippen LogP contribution is 2.36. The molecule has 118 valence electrons. The molecule has 0 radical (unpaired) electrons. The number of hydrogen-bond acceptors (Lipinski definition) is 2. The lowest BCUT2D eigenvalue weighted by Gasteiger charge is -2.30. The molecule has 0 saturated carbocycles. The molecule has 3 N–H and O–H groups in total. The van der Waals surface area contributed by atoms with Crippen molar-refractivity contribution in [3.63, 3.8) is 0 Å². The Hall–Kier alpha value is -1.44. The highest BCUT2D eigenvalue weighted by molar-refractivity contribution is 5.60. The summed E-state index contributed by atoms with van der Waals surface area (Å²) in [6, 6.07) is 4.87. The van der Waals surface area contributed by atoms with Crippen LogP contribution in [0.15, 0.2) is 24.4 Å². The van der Waals surface area contributed by atoms with Crippen LogP contribution in [0.4, 0.5) is 5.69 Å². The third kappa shape index (κ3) is 4.52. The van der Waals surface area contributed by atoms with Gasteiger partial charge >= 0.3 is 0 Å². The number of aryl methyl sites for hydroxylation is 1. The van der Waals surface area contributed by atoms with Gasteiger partial charge in [0.2, 0.25) is 0 Å². The molecule has 0 aliphatic rings. The van der Waals surface area contributed by atoms with Crippen molar-refractivity contribution in [2.75, 3.05) is 5.32 Å². The van der Waals surface area contributed by atoms with Gasteiger partial charge in [0.1, 0.15) is 0 Å². The van der Waals surface area contributed by atoms with E-state index in [1.165, 1.54) is 22.4 Å². The van der Waals surface area contributed by atoms with Gasteiger partial charge in [-0.25, -0.2) is 0 Å². The highest BCUT2D eigenvalue weighted by Gasteiger charge is 2.24. The van der Waals surface area contributed by atoms with Gasteiger partial charge in [0, 0.05) is 11.7 Å². The van der Waals surface area contributed by atoms with Crippen molar-refractivity contribution in [3.8, 4) is 0 Å². The predicted molar refractivity (Wildman–Crippen MR) is 95.0 cm³/mol. The summed E-state index contributed by atoms with van der Waals surface area (Å²) in [5, 5.41) is 3.57. The third-order valence-electron chi connectivity index (χ3n) is 3.76. The van der Waals surface area contributed by atoms with E-state index in [1.807, 2.05) is 6.08 Å². The average Bonchev–Trinajstić information content (AvgIpc) is 2.25. The van der Waals surface area contributed by atoms with Gasteiger partial charge in [-0.2, -0.15) is 0 Å². The minimum atomic E-state index is 0.0994. The molecular formula is C19H32N2. The second-order valence-corrected chi connectivity index (χ2v) is 8.03. The molecule has 1 unspecified atom stereocenters. The van der Waals surface area contributed by atoms with E-state index < -0.39 is 0 Å². The second-order valence-electron chi connectivity index (χ2n) is 8.03. The average molecular weight is 288 g/mol. The topological polar surface area (TPSA) is 38.0 Å². The molecule has 2 heteroatoms. The van der Waals surface area contributed by atoms with E-state index in [1.54, 1.807) is 6.20 Å². The normalized spacial score (nSPS) is 14.5. The Kier molecular flexibility index (Phi) is 5.14. The number of rotatable bonds is 3. The number of nitrogens with one attached hydrogen (secondary N) is 1. The van der Waals surface area contributed by atoms with Crippen molar-refractivity contribution in [2.24, 2.45) is 5.73 Å². The summed E-state index contributed by atoms with van der Waals surface area (Å²) in [4.78, 5) is 0. The Bertz CT molecular complexity index is 514. The lowest BCUT2D eigenvalue weighted by atomic mass is 9.78. The lowest BCUT2D eigenvalue weighted by molar-refractivity contribution is 0.566. The van der Waals surface area contributed by atoms with E-state index in [4.69, 9.17) is 5.73 Å². The monoisotopic (exact) mass is 288 g/mol. The number of benzene rings is 1. The molecule has 0 aromatic heterocycles. The van der Waals surface area contributed by atoms with Crippen LogP contribution in [-0.4, -0.2) is 6.04 Å². The van der Waals surface area contributed by atoms with Gasteiger partial charge in [0.15, 0.2) is 0 Å². The SMILES string of the molecule is Cc1cc(NC(C)/C=C/N)c(C(C)(C)C)cc1C(C)(C)C. The van der Waals surface area contributed by atoms with E-state index >= 15 is 0 Å². The number of hydrogen-bond donors (Lipinski definition) is 2. The molecule has 0 saturated heterocycles. The molecule has 0 bridgehead atoms. The van der Waals surface area contributed by atoms with E-state index in [0.717, 1.165) is 0 Å². The van der Waals surface area contributed by atoms with Gasteiger partial charge in [-0.3, -0.25) is 0 Å². The molecule has 1 atom stereocenters. The molecule has 0 heterocycles. The molecule has 0 spiro atoms. The lowest BCUT2D eigenvalue weighted by Crippen LogP contribution is -2.22.